The number of amides is 2. The molecule has 0 aliphatic carbocycles. The first kappa shape index (κ1) is 18.2. The molecule has 1 fully saturated rings. The summed E-state index contributed by atoms with van der Waals surface area (Å²) >= 11 is 0. The maximum atomic E-state index is 12.7. The van der Waals surface area contributed by atoms with Crippen LogP contribution in [-0.4, -0.2) is 56.9 Å². The standard InChI is InChI=1S/C19H26N4O3/c1-4-17(24)22-8-5-9-23(11-10-22)18(25)13-14-6-7-15-16(12-14)21(3)19(26)20(15)2/h6-7,12H,4-5,8-11,13H2,1-3H3. The van der Waals surface area contributed by atoms with Crippen molar-refractivity contribution in [3.63, 3.8) is 0 Å². The summed E-state index contributed by atoms with van der Waals surface area (Å²) in [5.41, 5.74) is 2.52. The van der Waals surface area contributed by atoms with Gasteiger partial charge in [-0.25, -0.2) is 4.79 Å². The highest BCUT2D eigenvalue weighted by Gasteiger charge is 2.21. The molecule has 26 heavy (non-hydrogen) atoms. The minimum atomic E-state index is -0.0725. The van der Waals surface area contributed by atoms with Gasteiger partial charge in [0, 0.05) is 46.7 Å². The monoisotopic (exact) mass is 358 g/mol. The zero-order valence-electron chi connectivity index (χ0n) is 15.7. The minimum absolute atomic E-state index is 0.0658. The predicted molar refractivity (Wildman–Crippen MR) is 99.9 cm³/mol. The van der Waals surface area contributed by atoms with Crippen molar-refractivity contribution in [1.29, 1.82) is 0 Å². The van der Waals surface area contributed by atoms with E-state index in [2.05, 4.69) is 0 Å². The Labute approximate surface area is 152 Å². The van der Waals surface area contributed by atoms with Crippen LogP contribution in [0, 0.1) is 0 Å². The van der Waals surface area contributed by atoms with Gasteiger partial charge in [0.1, 0.15) is 0 Å². The Hall–Kier alpha value is -2.57. The highest BCUT2D eigenvalue weighted by Crippen LogP contribution is 2.16. The van der Waals surface area contributed by atoms with Crippen molar-refractivity contribution >= 4 is 22.8 Å². The zero-order chi connectivity index (χ0) is 18.8. The summed E-state index contributed by atoms with van der Waals surface area (Å²) < 4.78 is 3.21. The number of benzene rings is 1. The highest BCUT2D eigenvalue weighted by molar-refractivity contribution is 5.82. The molecular weight excluding hydrogens is 332 g/mol. The lowest BCUT2D eigenvalue weighted by atomic mass is 10.1. The number of carbonyl (C=O) groups excluding carboxylic acids is 2. The molecule has 2 heterocycles. The number of hydrogen-bond donors (Lipinski definition) is 0. The maximum absolute atomic E-state index is 12.7. The van der Waals surface area contributed by atoms with Crippen LogP contribution < -0.4 is 5.69 Å². The molecule has 0 spiro atoms. The second-order valence-electron chi connectivity index (χ2n) is 6.87. The van der Waals surface area contributed by atoms with Gasteiger partial charge in [0.15, 0.2) is 0 Å². The Bertz CT molecular complexity index is 896. The zero-order valence-corrected chi connectivity index (χ0v) is 15.7. The normalized spacial score (nSPS) is 15.3. The van der Waals surface area contributed by atoms with Gasteiger partial charge in [-0.1, -0.05) is 13.0 Å². The fourth-order valence-corrected chi connectivity index (χ4v) is 3.59. The van der Waals surface area contributed by atoms with Gasteiger partial charge in [-0.15, -0.1) is 0 Å². The molecule has 0 N–H and O–H groups in total. The molecule has 2 amide bonds. The molecule has 7 nitrogen and oxygen atoms in total. The SMILES string of the molecule is CCC(=O)N1CCCN(C(=O)Cc2ccc3c(c2)n(C)c(=O)n3C)CC1. The van der Waals surface area contributed by atoms with Gasteiger partial charge in [0.25, 0.3) is 0 Å². The van der Waals surface area contributed by atoms with Crippen molar-refractivity contribution in [1.82, 2.24) is 18.9 Å². The Morgan fingerprint density at radius 3 is 2.19 bits per heavy atom. The lowest BCUT2D eigenvalue weighted by molar-refractivity contribution is -0.133. The number of aromatic nitrogens is 2. The molecule has 1 aliphatic heterocycles. The molecule has 1 aromatic carbocycles. The molecular formula is C19H26N4O3. The predicted octanol–water partition coefficient (Wildman–Crippen LogP) is 0.890. The van der Waals surface area contributed by atoms with Gasteiger partial charge in [0.2, 0.25) is 11.8 Å². The molecule has 0 radical (unpaired) electrons. The summed E-state index contributed by atoms with van der Waals surface area (Å²) in [5.74, 6) is 0.214. The summed E-state index contributed by atoms with van der Waals surface area (Å²) in [6, 6.07) is 5.72. The molecule has 0 saturated carbocycles. The minimum Gasteiger partial charge on any atom is -0.341 e. The van der Waals surface area contributed by atoms with Crippen LogP contribution in [0.25, 0.3) is 11.0 Å². The van der Waals surface area contributed by atoms with Crippen molar-refractivity contribution in [3.05, 3.63) is 34.2 Å². The third-order valence-electron chi connectivity index (χ3n) is 5.20. The summed E-state index contributed by atoms with van der Waals surface area (Å²) in [6.07, 6.45) is 1.62. The molecule has 0 atom stereocenters. The van der Waals surface area contributed by atoms with E-state index in [-0.39, 0.29) is 17.5 Å². The van der Waals surface area contributed by atoms with Crippen LogP contribution in [0.2, 0.25) is 0 Å². The Morgan fingerprint density at radius 2 is 1.54 bits per heavy atom. The quantitative estimate of drug-likeness (QED) is 0.818. The van der Waals surface area contributed by atoms with E-state index in [9.17, 15) is 14.4 Å². The van der Waals surface area contributed by atoms with Crippen molar-refractivity contribution in [2.45, 2.75) is 26.2 Å². The highest BCUT2D eigenvalue weighted by atomic mass is 16.2. The summed E-state index contributed by atoms with van der Waals surface area (Å²) in [4.78, 5) is 40.3. The third kappa shape index (κ3) is 3.38. The average molecular weight is 358 g/mol. The lowest BCUT2D eigenvalue weighted by Gasteiger charge is -2.22. The largest absolute Gasteiger partial charge is 0.341 e. The topological polar surface area (TPSA) is 67.6 Å². The molecule has 3 rings (SSSR count). The maximum Gasteiger partial charge on any atom is 0.328 e. The van der Waals surface area contributed by atoms with Crippen LogP contribution in [0.5, 0.6) is 0 Å². The van der Waals surface area contributed by atoms with Gasteiger partial charge in [0.05, 0.1) is 17.5 Å². The van der Waals surface area contributed by atoms with Gasteiger partial charge >= 0.3 is 5.69 Å². The van der Waals surface area contributed by atoms with E-state index < -0.39 is 0 Å². The van der Waals surface area contributed by atoms with Gasteiger partial charge in [-0.2, -0.15) is 0 Å². The van der Waals surface area contributed by atoms with Crippen LogP contribution in [0.1, 0.15) is 25.3 Å². The van der Waals surface area contributed by atoms with E-state index in [0.29, 0.717) is 39.0 Å². The summed E-state index contributed by atoms with van der Waals surface area (Å²) in [6.45, 7) is 4.44. The molecule has 7 heteroatoms. The second-order valence-corrected chi connectivity index (χ2v) is 6.87. The number of imidazole rings is 1. The van der Waals surface area contributed by atoms with E-state index in [0.717, 1.165) is 23.0 Å². The molecule has 140 valence electrons. The van der Waals surface area contributed by atoms with E-state index in [4.69, 9.17) is 0 Å². The Morgan fingerprint density at radius 1 is 0.923 bits per heavy atom. The Balaban J connectivity index is 1.72. The van der Waals surface area contributed by atoms with E-state index in [1.807, 2.05) is 34.9 Å². The first-order valence-corrected chi connectivity index (χ1v) is 9.12. The Kier molecular flexibility index (Phi) is 5.15. The number of carbonyl (C=O) groups is 2. The number of fused-ring (bicyclic) bond motifs is 1. The number of hydrogen-bond acceptors (Lipinski definition) is 3. The summed E-state index contributed by atoms with van der Waals surface area (Å²) in [7, 11) is 3.49. The number of nitrogens with zero attached hydrogens (tertiary/aromatic N) is 4. The average Bonchev–Trinajstić information content (AvgIpc) is 2.83. The molecule has 0 bridgehead atoms. The second kappa shape index (κ2) is 7.35. The molecule has 1 saturated heterocycles. The van der Waals surface area contributed by atoms with Crippen molar-refractivity contribution < 1.29 is 9.59 Å². The smallest absolute Gasteiger partial charge is 0.328 e. The fourth-order valence-electron chi connectivity index (χ4n) is 3.59. The van der Waals surface area contributed by atoms with E-state index in [1.54, 1.807) is 23.2 Å². The fraction of sp³-hybridized carbons (Fsp3) is 0.526. The molecule has 0 unspecified atom stereocenters. The first-order chi connectivity index (χ1) is 12.4. The van der Waals surface area contributed by atoms with Crippen molar-refractivity contribution in [2.75, 3.05) is 26.2 Å². The molecule has 1 aromatic heterocycles. The third-order valence-corrected chi connectivity index (χ3v) is 5.20. The van der Waals surface area contributed by atoms with Crippen LogP contribution in [0.3, 0.4) is 0 Å². The van der Waals surface area contributed by atoms with Gasteiger partial charge in [-0.05, 0) is 24.1 Å². The van der Waals surface area contributed by atoms with Crippen molar-refractivity contribution in [3.8, 4) is 0 Å². The van der Waals surface area contributed by atoms with E-state index >= 15 is 0 Å². The van der Waals surface area contributed by atoms with Crippen LogP contribution >= 0.6 is 0 Å². The molecule has 1 aliphatic rings. The van der Waals surface area contributed by atoms with Gasteiger partial charge in [-0.3, -0.25) is 18.7 Å². The van der Waals surface area contributed by atoms with Crippen LogP contribution in [-0.2, 0) is 30.1 Å². The van der Waals surface area contributed by atoms with Crippen LogP contribution in [0.15, 0.2) is 23.0 Å². The van der Waals surface area contributed by atoms with Crippen molar-refractivity contribution in [2.24, 2.45) is 14.1 Å². The summed E-state index contributed by atoms with van der Waals surface area (Å²) in [5, 5.41) is 0. The first-order valence-electron chi connectivity index (χ1n) is 9.12. The lowest BCUT2D eigenvalue weighted by Crippen LogP contribution is -2.37. The number of aryl methyl sites for hydroxylation is 2. The van der Waals surface area contributed by atoms with Gasteiger partial charge < -0.3 is 9.80 Å². The number of rotatable bonds is 3. The van der Waals surface area contributed by atoms with Crippen LogP contribution in [0.4, 0.5) is 0 Å². The molecule has 2 aromatic rings. The van der Waals surface area contributed by atoms with E-state index in [1.165, 1.54) is 0 Å².